The van der Waals surface area contributed by atoms with Crippen LogP contribution < -0.4 is 4.90 Å². The van der Waals surface area contributed by atoms with E-state index in [9.17, 15) is 19.7 Å². The molecular formula is C18H14N2O5. The van der Waals surface area contributed by atoms with Crippen molar-refractivity contribution in [1.82, 2.24) is 0 Å². The number of nitrogens with zero attached hydrogens (tertiary/aromatic N) is 2. The molecule has 0 radical (unpaired) electrons. The van der Waals surface area contributed by atoms with E-state index in [2.05, 4.69) is 0 Å². The summed E-state index contributed by atoms with van der Waals surface area (Å²) in [7, 11) is 0. The Hall–Kier alpha value is -3.48. The molecule has 0 N–H and O–H groups in total. The number of ether oxygens (including phenoxy) is 1. The van der Waals surface area contributed by atoms with Gasteiger partial charge in [-0.3, -0.25) is 19.8 Å². The van der Waals surface area contributed by atoms with Crippen LogP contribution in [0, 0.1) is 10.1 Å². The number of nitro groups is 1. The van der Waals surface area contributed by atoms with Crippen LogP contribution in [0.15, 0.2) is 54.6 Å². The molecule has 2 aromatic rings. The molecule has 7 heteroatoms. The second-order valence-electron chi connectivity index (χ2n) is 5.36. The van der Waals surface area contributed by atoms with Gasteiger partial charge in [-0.1, -0.05) is 18.2 Å². The van der Waals surface area contributed by atoms with E-state index < -0.39 is 11.0 Å². The highest BCUT2D eigenvalue weighted by molar-refractivity contribution is 6.07. The largest absolute Gasteiger partial charge is 0.447 e. The molecule has 2 aromatic carbocycles. The quantitative estimate of drug-likeness (QED) is 0.360. The first-order valence-electron chi connectivity index (χ1n) is 7.56. The number of amides is 1. The van der Waals surface area contributed by atoms with Crippen LogP contribution in [0.1, 0.15) is 15.9 Å². The Kier molecular flexibility index (Phi) is 4.56. The molecule has 0 unspecified atom stereocenters. The van der Waals surface area contributed by atoms with Crippen molar-refractivity contribution in [3.05, 3.63) is 75.8 Å². The molecule has 3 rings (SSSR count). The van der Waals surface area contributed by atoms with Crippen LogP contribution in [0.3, 0.4) is 0 Å². The van der Waals surface area contributed by atoms with Gasteiger partial charge in [0.05, 0.1) is 11.5 Å². The minimum atomic E-state index is -0.479. The Morgan fingerprint density at radius 3 is 2.60 bits per heavy atom. The van der Waals surface area contributed by atoms with Crippen molar-refractivity contribution in [2.24, 2.45) is 0 Å². The summed E-state index contributed by atoms with van der Waals surface area (Å²) in [5.74, 6) is -0.229. The van der Waals surface area contributed by atoms with E-state index in [0.717, 1.165) is 0 Å². The highest BCUT2D eigenvalue weighted by Gasteiger charge is 2.23. The van der Waals surface area contributed by atoms with Crippen LogP contribution in [-0.2, 0) is 4.74 Å². The monoisotopic (exact) mass is 338 g/mol. The van der Waals surface area contributed by atoms with Crippen molar-refractivity contribution in [1.29, 1.82) is 0 Å². The van der Waals surface area contributed by atoms with Gasteiger partial charge in [0.25, 0.3) is 5.69 Å². The number of rotatable bonds is 5. The van der Waals surface area contributed by atoms with Crippen molar-refractivity contribution in [2.45, 2.75) is 0 Å². The van der Waals surface area contributed by atoms with Crippen LogP contribution in [-0.4, -0.2) is 30.0 Å². The fraction of sp³-hybridized carbons (Fsp3) is 0.111. The molecule has 1 heterocycles. The molecular weight excluding hydrogens is 324 g/mol. The van der Waals surface area contributed by atoms with Gasteiger partial charge in [-0.25, -0.2) is 4.79 Å². The second-order valence-corrected chi connectivity index (χ2v) is 5.36. The number of non-ortho nitro benzene ring substituents is 1. The summed E-state index contributed by atoms with van der Waals surface area (Å²) in [6.45, 7) is 0.784. The number of anilines is 1. The van der Waals surface area contributed by atoms with Crippen LogP contribution >= 0.6 is 0 Å². The fourth-order valence-electron chi connectivity index (χ4n) is 2.43. The summed E-state index contributed by atoms with van der Waals surface area (Å²) in [4.78, 5) is 35.5. The maximum atomic E-state index is 12.3. The third-order valence-electron chi connectivity index (χ3n) is 3.73. The molecule has 1 amide bonds. The van der Waals surface area contributed by atoms with Gasteiger partial charge in [0.15, 0.2) is 5.78 Å². The number of allylic oxidation sites excluding steroid dienone is 1. The minimum Gasteiger partial charge on any atom is -0.447 e. The smallest absolute Gasteiger partial charge is 0.414 e. The van der Waals surface area contributed by atoms with E-state index in [1.165, 1.54) is 23.1 Å². The van der Waals surface area contributed by atoms with Gasteiger partial charge < -0.3 is 4.74 Å². The fourth-order valence-corrected chi connectivity index (χ4v) is 2.43. The Labute approximate surface area is 143 Å². The molecule has 1 aliphatic heterocycles. The lowest BCUT2D eigenvalue weighted by atomic mass is 10.1. The highest BCUT2D eigenvalue weighted by atomic mass is 16.6. The first kappa shape index (κ1) is 16.4. The third-order valence-corrected chi connectivity index (χ3v) is 3.73. The molecule has 0 bridgehead atoms. The first-order valence-corrected chi connectivity index (χ1v) is 7.56. The van der Waals surface area contributed by atoms with E-state index in [0.29, 0.717) is 30.0 Å². The number of ketones is 1. The minimum absolute atomic E-state index is 0.00585. The molecule has 0 spiro atoms. The second kappa shape index (κ2) is 6.96. The molecule has 1 fully saturated rings. The number of hydrogen-bond donors (Lipinski definition) is 0. The average molecular weight is 338 g/mol. The van der Waals surface area contributed by atoms with Crippen LogP contribution in [0.4, 0.5) is 16.2 Å². The zero-order valence-electron chi connectivity index (χ0n) is 13.1. The van der Waals surface area contributed by atoms with Gasteiger partial charge >= 0.3 is 6.09 Å². The number of benzene rings is 2. The van der Waals surface area contributed by atoms with Crippen molar-refractivity contribution >= 4 is 29.3 Å². The Bertz CT molecular complexity index is 858. The number of nitro benzene ring substituents is 1. The molecule has 1 aliphatic rings. The molecule has 25 heavy (non-hydrogen) atoms. The first-order chi connectivity index (χ1) is 12.0. The molecule has 0 aromatic heterocycles. The Morgan fingerprint density at radius 1 is 1.20 bits per heavy atom. The van der Waals surface area contributed by atoms with Crippen molar-refractivity contribution in [2.75, 3.05) is 18.1 Å². The predicted octanol–water partition coefficient (Wildman–Crippen LogP) is 3.45. The number of carbonyl (C=O) groups is 2. The van der Waals surface area contributed by atoms with E-state index in [4.69, 9.17) is 4.74 Å². The lowest BCUT2D eigenvalue weighted by Crippen LogP contribution is -2.23. The van der Waals surface area contributed by atoms with Crippen molar-refractivity contribution in [3.63, 3.8) is 0 Å². The predicted molar refractivity (Wildman–Crippen MR) is 91.6 cm³/mol. The third kappa shape index (κ3) is 3.72. The van der Waals surface area contributed by atoms with E-state index in [1.54, 1.807) is 42.5 Å². The molecule has 7 nitrogen and oxygen atoms in total. The summed E-state index contributed by atoms with van der Waals surface area (Å²) in [6, 6.07) is 12.6. The number of hydrogen-bond acceptors (Lipinski definition) is 5. The lowest BCUT2D eigenvalue weighted by molar-refractivity contribution is -0.384. The van der Waals surface area contributed by atoms with E-state index in [-0.39, 0.29) is 11.5 Å². The Balaban J connectivity index is 1.74. The summed E-state index contributed by atoms with van der Waals surface area (Å²) in [5.41, 5.74) is 1.72. The standard InChI is InChI=1S/C18H14N2O5/c21-17(9-6-13-4-7-15(8-5-13)20(23)24)14-2-1-3-16(12-14)19-10-11-25-18(19)22/h1-9,12H,10-11H2/b9-6+. The zero-order chi connectivity index (χ0) is 17.8. The topological polar surface area (TPSA) is 89.8 Å². The van der Waals surface area contributed by atoms with Crippen LogP contribution in [0.5, 0.6) is 0 Å². The number of cyclic esters (lactones) is 1. The molecule has 1 saturated heterocycles. The Morgan fingerprint density at radius 2 is 1.96 bits per heavy atom. The summed E-state index contributed by atoms with van der Waals surface area (Å²) < 4.78 is 4.89. The summed E-state index contributed by atoms with van der Waals surface area (Å²) in [6.07, 6.45) is 2.55. The van der Waals surface area contributed by atoms with E-state index in [1.807, 2.05) is 0 Å². The van der Waals surface area contributed by atoms with Gasteiger partial charge in [-0.05, 0) is 35.9 Å². The van der Waals surface area contributed by atoms with Gasteiger partial charge in [0.1, 0.15) is 6.61 Å². The van der Waals surface area contributed by atoms with Gasteiger partial charge in [-0.15, -0.1) is 0 Å². The molecule has 0 atom stereocenters. The molecule has 0 saturated carbocycles. The van der Waals surface area contributed by atoms with Crippen LogP contribution in [0.2, 0.25) is 0 Å². The number of carbonyl (C=O) groups excluding carboxylic acids is 2. The summed E-state index contributed by atoms with van der Waals surface area (Å²) >= 11 is 0. The maximum absolute atomic E-state index is 12.3. The lowest BCUT2D eigenvalue weighted by Gasteiger charge is -2.13. The zero-order valence-corrected chi connectivity index (χ0v) is 13.1. The van der Waals surface area contributed by atoms with Gasteiger partial charge in [0, 0.05) is 23.4 Å². The van der Waals surface area contributed by atoms with Crippen molar-refractivity contribution < 1.29 is 19.2 Å². The average Bonchev–Trinajstić information content (AvgIpc) is 3.06. The molecule has 0 aliphatic carbocycles. The normalized spacial score (nSPS) is 13.9. The highest BCUT2D eigenvalue weighted by Crippen LogP contribution is 2.21. The van der Waals surface area contributed by atoms with E-state index >= 15 is 0 Å². The van der Waals surface area contributed by atoms with Crippen molar-refractivity contribution in [3.8, 4) is 0 Å². The van der Waals surface area contributed by atoms with Crippen LogP contribution in [0.25, 0.3) is 6.08 Å². The molecule has 126 valence electrons. The maximum Gasteiger partial charge on any atom is 0.414 e. The van der Waals surface area contributed by atoms with Gasteiger partial charge in [-0.2, -0.15) is 0 Å². The van der Waals surface area contributed by atoms with Gasteiger partial charge in [0.2, 0.25) is 0 Å². The SMILES string of the molecule is O=C(/C=C/c1ccc([N+](=O)[O-])cc1)c1cccc(N2CCOC2=O)c1. The summed E-state index contributed by atoms with van der Waals surface area (Å²) in [5, 5.41) is 10.6.